The van der Waals surface area contributed by atoms with Gasteiger partial charge in [0.1, 0.15) is 5.75 Å². The molecule has 0 aliphatic rings. The van der Waals surface area contributed by atoms with E-state index in [0.29, 0.717) is 22.6 Å². The molecule has 1 N–H and O–H groups in total. The van der Waals surface area contributed by atoms with Crippen molar-refractivity contribution in [1.82, 2.24) is 4.98 Å². The van der Waals surface area contributed by atoms with E-state index in [4.69, 9.17) is 9.47 Å². The van der Waals surface area contributed by atoms with E-state index in [1.807, 2.05) is 0 Å². The topological polar surface area (TPSA) is 68.4 Å². The largest absolute Gasteiger partial charge is 0.497 e. The van der Waals surface area contributed by atoms with Gasteiger partial charge in [-0.1, -0.05) is 0 Å². The van der Waals surface area contributed by atoms with Gasteiger partial charge in [0.15, 0.2) is 0 Å². The van der Waals surface area contributed by atoms with Crippen LogP contribution >= 0.6 is 0 Å². The molecule has 0 saturated heterocycles. The Hall–Kier alpha value is -2.56. The molecule has 0 spiro atoms. The van der Waals surface area contributed by atoms with Gasteiger partial charge in [0.05, 0.1) is 25.5 Å². The van der Waals surface area contributed by atoms with Crippen LogP contribution in [0.3, 0.4) is 0 Å². The molecular formula is C14H13NO4. The Bertz CT molecular complexity index is 643. The van der Waals surface area contributed by atoms with Gasteiger partial charge in [-0.05, 0) is 35.9 Å². The number of aromatic amines is 1. The van der Waals surface area contributed by atoms with Gasteiger partial charge in [-0.3, -0.25) is 4.79 Å². The third-order valence-electron chi connectivity index (χ3n) is 2.70. The first-order valence-corrected chi connectivity index (χ1v) is 5.62. The lowest BCUT2D eigenvalue weighted by molar-refractivity contribution is 0.0601. The molecule has 0 aliphatic heterocycles. The van der Waals surface area contributed by atoms with Gasteiger partial charge in [0.25, 0.3) is 0 Å². The predicted molar refractivity (Wildman–Crippen MR) is 70.4 cm³/mol. The number of hydrogen-bond acceptors (Lipinski definition) is 4. The Morgan fingerprint density at radius 3 is 2.32 bits per heavy atom. The number of aromatic nitrogens is 1. The van der Waals surface area contributed by atoms with Crippen LogP contribution in [-0.4, -0.2) is 25.2 Å². The van der Waals surface area contributed by atoms with Crippen molar-refractivity contribution in [3.8, 4) is 17.0 Å². The van der Waals surface area contributed by atoms with Crippen LogP contribution in [0.25, 0.3) is 11.3 Å². The molecule has 0 amide bonds. The molecule has 98 valence electrons. The van der Waals surface area contributed by atoms with E-state index < -0.39 is 5.97 Å². The monoisotopic (exact) mass is 259 g/mol. The molecule has 0 atom stereocenters. The van der Waals surface area contributed by atoms with Gasteiger partial charge in [0, 0.05) is 6.07 Å². The van der Waals surface area contributed by atoms with Crippen LogP contribution in [0.2, 0.25) is 0 Å². The molecule has 0 bridgehead atoms. The van der Waals surface area contributed by atoms with Crippen molar-refractivity contribution in [2.45, 2.75) is 0 Å². The Morgan fingerprint density at radius 1 is 1.05 bits per heavy atom. The zero-order valence-corrected chi connectivity index (χ0v) is 10.6. The number of nitrogens with one attached hydrogen (secondary N) is 1. The van der Waals surface area contributed by atoms with E-state index in [9.17, 15) is 9.59 Å². The summed E-state index contributed by atoms with van der Waals surface area (Å²) >= 11 is 0. The van der Waals surface area contributed by atoms with E-state index in [1.165, 1.54) is 19.2 Å². The number of H-pyrrole nitrogens is 1. The average Bonchev–Trinajstić information content (AvgIpc) is 2.46. The SMILES string of the molecule is COC(=O)c1ccc(=O)[nH]c1-c1ccc(OC)cc1. The van der Waals surface area contributed by atoms with Crippen molar-refractivity contribution in [2.75, 3.05) is 14.2 Å². The lowest BCUT2D eigenvalue weighted by atomic mass is 10.1. The van der Waals surface area contributed by atoms with Crippen LogP contribution in [0.4, 0.5) is 0 Å². The second-order valence-corrected chi connectivity index (χ2v) is 3.83. The average molecular weight is 259 g/mol. The Kier molecular flexibility index (Phi) is 3.66. The highest BCUT2D eigenvalue weighted by molar-refractivity contribution is 5.95. The highest BCUT2D eigenvalue weighted by atomic mass is 16.5. The molecule has 0 saturated carbocycles. The first kappa shape index (κ1) is 12.9. The third kappa shape index (κ3) is 2.65. The van der Waals surface area contributed by atoms with E-state index in [-0.39, 0.29) is 5.56 Å². The van der Waals surface area contributed by atoms with Crippen LogP contribution in [-0.2, 0) is 4.74 Å². The van der Waals surface area contributed by atoms with Gasteiger partial charge in [-0.25, -0.2) is 4.79 Å². The van der Waals surface area contributed by atoms with Crippen molar-refractivity contribution in [2.24, 2.45) is 0 Å². The molecule has 2 aromatic rings. The lowest BCUT2D eigenvalue weighted by Gasteiger charge is -2.08. The van der Waals surface area contributed by atoms with E-state index in [0.717, 1.165) is 0 Å². The molecule has 0 aliphatic carbocycles. The number of carbonyl (C=O) groups excluding carboxylic acids is 1. The molecule has 1 aromatic heterocycles. The summed E-state index contributed by atoms with van der Waals surface area (Å²) < 4.78 is 9.76. The van der Waals surface area contributed by atoms with Gasteiger partial charge < -0.3 is 14.5 Å². The Labute approximate surface area is 109 Å². The molecule has 19 heavy (non-hydrogen) atoms. The standard InChI is InChI=1S/C14H13NO4/c1-18-10-5-3-9(4-6-10)13-11(14(17)19-2)7-8-12(16)15-13/h3-8H,1-2H3,(H,15,16). The fourth-order valence-electron chi connectivity index (χ4n) is 1.74. The van der Waals surface area contributed by atoms with Gasteiger partial charge >= 0.3 is 5.97 Å². The molecule has 1 aromatic carbocycles. The molecule has 1 heterocycles. The van der Waals surface area contributed by atoms with E-state index in [1.54, 1.807) is 31.4 Å². The summed E-state index contributed by atoms with van der Waals surface area (Å²) in [5, 5.41) is 0. The summed E-state index contributed by atoms with van der Waals surface area (Å²) in [4.78, 5) is 25.7. The van der Waals surface area contributed by atoms with Gasteiger partial charge in [-0.2, -0.15) is 0 Å². The number of hydrogen-bond donors (Lipinski definition) is 1. The fourth-order valence-corrected chi connectivity index (χ4v) is 1.74. The normalized spacial score (nSPS) is 10.0. The van der Waals surface area contributed by atoms with E-state index in [2.05, 4.69) is 4.98 Å². The molecule has 2 rings (SSSR count). The maximum absolute atomic E-state index is 11.7. The minimum atomic E-state index is -0.498. The molecule has 5 nitrogen and oxygen atoms in total. The second kappa shape index (κ2) is 5.39. The summed E-state index contributed by atoms with van der Waals surface area (Å²) in [5.41, 5.74) is 1.17. The quantitative estimate of drug-likeness (QED) is 0.854. The lowest BCUT2D eigenvalue weighted by Crippen LogP contribution is -2.12. The maximum Gasteiger partial charge on any atom is 0.340 e. The molecule has 0 radical (unpaired) electrons. The number of benzene rings is 1. The number of esters is 1. The number of methoxy groups -OCH3 is 2. The third-order valence-corrected chi connectivity index (χ3v) is 2.70. The molecular weight excluding hydrogens is 246 g/mol. The molecule has 0 fully saturated rings. The predicted octanol–water partition coefficient (Wildman–Crippen LogP) is 1.84. The van der Waals surface area contributed by atoms with Crippen LogP contribution in [0.5, 0.6) is 5.75 Å². The molecule has 5 heteroatoms. The zero-order chi connectivity index (χ0) is 13.8. The number of rotatable bonds is 3. The summed E-state index contributed by atoms with van der Waals surface area (Å²) in [7, 11) is 2.87. The first-order chi connectivity index (χ1) is 9.15. The minimum absolute atomic E-state index is 0.279. The Balaban J connectivity index is 2.55. The summed E-state index contributed by atoms with van der Waals surface area (Å²) in [6, 6.07) is 9.76. The van der Waals surface area contributed by atoms with Crippen LogP contribution in [0.1, 0.15) is 10.4 Å². The maximum atomic E-state index is 11.7. The second-order valence-electron chi connectivity index (χ2n) is 3.83. The smallest absolute Gasteiger partial charge is 0.340 e. The van der Waals surface area contributed by atoms with Crippen LogP contribution < -0.4 is 10.3 Å². The zero-order valence-electron chi connectivity index (χ0n) is 10.6. The van der Waals surface area contributed by atoms with Crippen molar-refractivity contribution >= 4 is 5.97 Å². The number of ether oxygens (including phenoxy) is 2. The summed E-state index contributed by atoms with van der Waals surface area (Å²) in [5.74, 6) is 0.198. The van der Waals surface area contributed by atoms with Crippen molar-refractivity contribution in [3.05, 3.63) is 52.3 Å². The minimum Gasteiger partial charge on any atom is -0.497 e. The highest BCUT2D eigenvalue weighted by Crippen LogP contribution is 2.23. The van der Waals surface area contributed by atoms with Crippen LogP contribution in [0, 0.1) is 0 Å². The van der Waals surface area contributed by atoms with Crippen molar-refractivity contribution < 1.29 is 14.3 Å². The van der Waals surface area contributed by atoms with Crippen molar-refractivity contribution in [3.63, 3.8) is 0 Å². The van der Waals surface area contributed by atoms with Gasteiger partial charge in [0.2, 0.25) is 5.56 Å². The number of pyridine rings is 1. The van der Waals surface area contributed by atoms with E-state index >= 15 is 0 Å². The Morgan fingerprint density at radius 2 is 1.74 bits per heavy atom. The highest BCUT2D eigenvalue weighted by Gasteiger charge is 2.14. The fraction of sp³-hybridized carbons (Fsp3) is 0.143. The van der Waals surface area contributed by atoms with Crippen LogP contribution in [0.15, 0.2) is 41.2 Å². The first-order valence-electron chi connectivity index (χ1n) is 5.62. The van der Waals surface area contributed by atoms with Crippen molar-refractivity contribution in [1.29, 1.82) is 0 Å². The number of carbonyl (C=O) groups is 1. The molecule has 0 unspecified atom stereocenters. The summed E-state index contributed by atoms with van der Waals surface area (Å²) in [6.07, 6.45) is 0. The summed E-state index contributed by atoms with van der Waals surface area (Å²) in [6.45, 7) is 0. The van der Waals surface area contributed by atoms with Gasteiger partial charge in [-0.15, -0.1) is 0 Å².